The van der Waals surface area contributed by atoms with Crippen LogP contribution in [0.2, 0.25) is 0 Å². The van der Waals surface area contributed by atoms with Gasteiger partial charge in [-0.3, -0.25) is 14.4 Å². The summed E-state index contributed by atoms with van der Waals surface area (Å²) in [6.45, 7) is 6.57. The molecular formula is C51H92O6. The molecule has 0 saturated carbocycles. The highest BCUT2D eigenvalue weighted by Gasteiger charge is 2.19. The number of ether oxygens (including phenoxy) is 3. The first-order chi connectivity index (χ1) is 28.0. The topological polar surface area (TPSA) is 78.9 Å². The van der Waals surface area contributed by atoms with Crippen LogP contribution >= 0.6 is 0 Å². The van der Waals surface area contributed by atoms with Crippen molar-refractivity contribution in [1.82, 2.24) is 0 Å². The van der Waals surface area contributed by atoms with Gasteiger partial charge < -0.3 is 14.2 Å². The molecule has 6 heteroatoms. The predicted octanol–water partition coefficient (Wildman–Crippen LogP) is 15.8. The zero-order valence-electron chi connectivity index (χ0n) is 37.9. The second-order valence-electron chi connectivity index (χ2n) is 16.4. The van der Waals surface area contributed by atoms with E-state index in [1.165, 1.54) is 128 Å². The SMILES string of the molecule is CCCCC/C=C\C/C=C\CCCCCCCCCC(=O)OCC(COC(=O)CCCCCCCCCCC)OC(=O)CCCCC/C=C\CCCCCCCC. The Morgan fingerprint density at radius 3 is 1.04 bits per heavy atom. The van der Waals surface area contributed by atoms with Crippen molar-refractivity contribution in [2.45, 2.75) is 258 Å². The molecule has 0 aliphatic rings. The number of carbonyl (C=O) groups is 3. The Morgan fingerprint density at radius 2 is 0.632 bits per heavy atom. The average Bonchev–Trinajstić information content (AvgIpc) is 3.21. The van der Waals surface area contributed by atoms with Crippen molar-refractivity contribution in [3.8, 4) is 0 Å². The van der Waals surface area contributed by atoms with E-state index in [0.29, 0.717) is 19.3 Å². The average molecular weight is 801 g/mol. The zero-order valence-corrected chi connectivity index (χ0v) is 37.9. The third kappa shape index (κ3) is 44.6. The smallest absolute Gasteiger partial charge is 0.306 e. The second kappa shape index (κ2) is 46.3. The fraction of sp³-hybridized carbons (Fsp3) is 0.824. The van der Waals surface area contributed by atoms with E-state index in [-0.39, 0.29) is 31.1 Å². The molecule has 0 aromatic heterocycles. The van der Waals surface area contributed by atoms with Crippen LogP contribution in [0.4, 0.5) is 0 Å². The lowest BCUT2D eigenvalue weighted by atomic mass is 10.1. The van der Waals surface area contributed by atoms with Crippen LogP contribution in [-0.2, 0) is 28.6 Å². The molecule has 0 spiro atoms. The van der Waals surface area contributed by atoms with Crippen molar-refractivity contribution >= 4 is 17.9 Å². The molecule has 0 amide bonds. The number of unbranched alkanes of at least 4 members (excludes halogenated alkanes) is 27. The van der Waals surface area contributed by atoms with Gasteiger partial charge in [0.25, 0.3) is 0 Å². The highest BCUT2D eigenvalue weighted by molar-refractivity contribution is 5.71. The Morgan fingerprint density at radius 1 is 0.351 bits per heavy atom. The predicted molar refractivity (Wildman–Crippen MR) is 242 cm³/mol. The van der Waals surface area contributed by atoms with Crippen molar-refractivity contribution in [3.05, 3.63) is 36.5 Å². The minimum atomic E-state index is -0.778. The van der Waals surface area contributed by atoms with Gasteiger partial charge in [0, 0.05) is 19.3 Å². The summed E-state index contributed by atoms with van der Waals surface area (Å²) in [5, 5.41) is 0. The van der Waals surface area contributed by atoms with E-state index in [1.807, 2.05) is 0 Å². The molecule has 1 atom stereocenters. The summed E-state index contributed by atoms with van der Waals surface area (Å²) in [5.74, 6) is -0.901. The molecule has 0 aromatic rings. The molecule has 0 rings (SSSR count). The minimum absolute atomic E-state index is 0.0787. The minimum Gasteiger partial charge on any atom is -0.462 e. The maximum Gasteiger partial charge on any atom is 0.306 e. The van der Waals surface area contributed by atoms with Crippen molar-refractivity contribution in [1.29, 1.82) is 0 Å². The number of esters is 3. The molecule has 57 heavy (non-hydrogen) atoms. The first-order valence-electron chi connectivity index (χ1n) is 24.5. The summed E-state index contributed by atoms with van der Waals surface area (Å²) < 4.78 is 16.7. The molecule has 0 fully saturated rings. The van der Waals surface area contributed by atoms with Gasteiger partial charge in [-0.2, -0.15) is 0 Å². The van der Waals surface area contributed by atoms with Crippen LogP contribution in [0.15, 0.2) is 36.5 Å². The van der Waals surface area contributed by atoms with E-state index in [2.05, 4.69) is 57.2 Å². The largest absolute Gasteiger partial charge is 0.462 e. The molecule has 332 valence electrons. The van der Waals surface area contributed by atoms with E-state index in [1.54, 1.807) is 0 Å². The summed E-state index contributed by atoms with van der Waals surface area (Å²) in [4.78, 5) is 37.8. The van der Waals surface area contributed by atoms with E-state index in [9.17, 15) is 14.4 Å². The Bertz CT molecular complexity index is 969. The zero-order chi connectivity index (χ0) is 41.5. The van der Waals surface area contributed by atoms with Crippen LogP contribution in [0, 0.1) is 0 Å². The van der Waals surface area contributed by atoms with Crippen LogP contribution < -0.4 is 0 Å². The molecule has 0 N–H and O–H groups in total. The molecule has 0 saturated heterocycles. The standard InChI is InChI=1S/C51H92O6/c1-4-7-10-13-16-19-21-23-24-25-26-28-29-32-35-38-41-44-50(53)56-47-48(46-55-49(52)43-40-37-34-31-18-15-12-9-6-3)57-51(54)45-42-39-36-33-30-27-22-20-17-14-11-8-5-2/h16,19,23-24,27,30,48H,4-15,17-18,20-22,25-26,28-29,31-47H2,1-3H3/b19-16-,24-23-,30-27-. The first kappa shape index (κ1) is 54.6. The maximum atomic E-state index is 12.7. The molecule has 0 bridgehead atoms. The molecule has 0 aliphatic carbocycles. The van der Waals surface area contributed by atoms with E-state index in [4.69, 9.17) is 14.2 Å². The summed E-state index contributed by atoms with van der Waals surface area (Å²) in [5.41, 5.74) is 0. The van der Waals surface area contributed by atoms with E-state index in [0.717, 1.165) is 83.5 Å². The Hall–Kier alpha value is -2.37. The van der Waals surface area contributed by atoms with Crippen LogP contribution in [0.3, 0.4) is 0 Å². The van der Waals surface area contributed by atoms with Gasteiger partial charge in [0.2, 0.25) is 0 Å². The molecular weight excluding hydrogens is 709 g/mol. The third-order valence-electron chi connectivity index (χ3n) is 10.6. The van der Waals surface area contributed by atoms with Crippen molar-refractivity contribution in [3.63, 3.8) is 0 Å². The highest BCUT2D eigenvalue weighted by atomic mass is 16.6. The number of hydrogen-bond acceptors (Lipinski definition) is 6. The Labute approximate surface area is 353 Å². The molecule has 6 nitrogen and oxygen atoms in total. The van der Waals surface area contributed by atoms with Gasteiger partial charge in [-0.1, -0.05) is 192 Å². The molecule has 0 radical (unpaired) electrons. The molecule has 0 heterocycles. The van der Waals surface area contributed by atoms with Crippen molar-refractivity contribution in [2.75, 3.05) is 13.2 Å². The van der Waals surface area contributed by atoms with Crippen LogP contribution in [0.5, 0.6) is 0 Å². The maximum absolute atomic E-state index is 12.7. The van der Waals surface area contributed by atoms with Crippen molar-refractivity contribution in [2.24, 2.45) is 0 Å². The lowest BCUT2D eigenvalue weighted by molar-refractivity contribution is -0.167. The summed E-state index contributed by atoms with van der Waals surface area (Å²) >= 11 is 0. The number of rotatable bonds is 44. The number of allylic oxidation sites excluding steroid dienone is 6. The Kier molecular flexibility index (Phi) is 44.4. The molecule has 0 aromatic carbocycles. The van der Waals surface area contributed by atoms with Gasteiger partial charge in [-0.25, -0.2) is 0 Å². The second-order valence-corrected chi connectivity index (χ2v) is 16.4. The molecule has 1 unspecified atom stereocenters. The highest BCUT2D eigenvalue weighted by Crippen LogP contribution is 2.14. The first-order valence-corrected chi connectivity index (χ1v) is 24.5. The van der Waals surface area contributed by atoms with E-state index >= 15 is 0 Å². The summed E-state index contributed by atoms with van der Waals surface area (Å²) in [7, 11) is 0. The lowest BCUT2D eigenvalue weighted by Gasteiger charge is -2.18. The molecule has 0 aliphatic heterocycles. The van der Waals surface area contributed by atoms with Gasteiger partial charge in [0.05, 0.1) is 0 Å². The number of hydrogen-bond donors (Lipinski definition) is 0. The lowest BCUT2D eigenvalue weighted by Crippen LogP contribution is -2.30. The van der Waals surface area contributed by atoms with E-state index < -0.39 is 6.10 Å². The van der Waals surface area contributed by atoms with Crippen LogP contribution in [0.25, 0.3) is 0 Å². The number of carbonyl (C=O) groups excluding carboxylic acids is 3. The van der Waals surface area contributed by atoms with Gasteiger partial charge >= 0.3 is 17.9 Å². The quantitative estimate of drug-likeness (QED) is 0.0264. The summed E-state index contributed by atoms with van der Waals surface area (Å²) in [6.07, 6.45) is 52.7. The van der Waals surface area contributed by atoms with Crippen LogP contribution in [0.1, 0.15) is 252 Å². The van der Waals surface area contributed by atoms with Gasteiger partial charge in [0.15, 0.2) is 6.10 Å². The van der Waals surface area contributed by atoms with Gasteiger partial charge in [-0.15, -0.1) is 0 Å². The van der Waals surface area contributed by atoms with Crippen molar-refractivity contribution < 1.29 is 28.6 Å². The monoisotopic (exact) mass is 801 g/mol. The van der Waals surface area contributed by atoms with Crippen LogP contribution in [-0.4, -0.2) is 37.2 Å². The fourth-order valence-corrected chi connectivity index (χ4v) is 6.88. The fourth-order valence-electron chi connectivity index (χ4n) is 6.88. The van der Waals surface area contributed by atoms with Gasteiger partial charge in [0.1, 0.15) is 13.2 Å². The third-order valence-corrected chi connectivity index (χ3v) is 10.6. The normalized spacial score (nSPS) is 12.3. The van der Waals surface area contributed by atoms with Gasteiger partial charge in [-0.05, 0) is 77.0 Å². The Balaban J connectivity index is 4.34. The summed E-state index contributed by atoms with van der Waals surface area (Å²) in [6, 6.07) is 0.